The van der Waals surface area contributed by atoms with E-state index < -0.39 is 0 Å². The minimum Gasteiger partial charge on any atom is -0.496 e. The monoisotopic (exact) mass is 407 g/mol. The lowest BCUT2D eigenvalue weighted by atomic mass is 9.86. The number of halogens is 2. The second-order valence-electron chi connectivity index (χ2n) is 4.81. The van der Waals surface area contributed by atoms with Gasteiger partial charge < -0.3 is 19.9 Å². The topological polar surface area (TPSA) is 53.7 Å². The fourth-order valence-corrected chi connectivity index (χ4v) is 3.04. The van der Waals surface area contributed by atoms with E-state index in [0.29, 0.717) is 6.61 Å². The van der Waals surface area contributed by atoms with Gasteiger partial charge in [0.25, 0.3) is 0 Å². The molecule has 4 nitrogen and oxygen atoms in total. The second-order valence-corrected chi connectivity index (χ2v) is 6.52. The first-order valence-corrected chi connectivity index (χ1v) is 8.22. The number of benzene rings is 1. The number of nitrogens with two attached hydrogens (primary N) is 1. The van der Waals surface area contributed by atoms with E-state index in [1.165, 1.54) is 0 Å². The van der Waals surface area contributed by atoms with Crippen molar-refractivity contribution in [2.45, 2.75) is 38.0 Å². The maximum absolute atomic E-state index is 6.00. The summed E-state index contributed by atoms with van der Waals surface area (Å²) < 4.78 is 18.7. The van der Waals surface area contributed by atoms with Gasteiger partial charge in [-0.15, -0.1) is 0 Å². The third-order valence-electron chi connectivity index (χ3n) is 3.29. The smallest absolute Gasteiger partial charge is 0.135 e. The molecule has 1 fully saturated rings. The molecular weight excluding hydrogens is 390 g/mol. The molecule has 0 amide bonds. The molecule has 0 saturated heterocycles. The highest BCUT2D eigenvalue weighted by atomic mass is 79.9. The highest BCUT2D eigenvalue weighted by molar-refractivity contribution is 9.11. The van der Waals surface area contributed by atoms with Crippen molar-refractivity contribution in [3.8, 4) is 11.5 Å². The number of methoxy groups -OCH3 is 1. The summed E-state index contributed by atoms with van der Waals surface area (Å²) in [4.78, 5) is 0. The van der Waals surface area contributed by atoms with E-state index in [4.69, 9.17) is 19.9 Å². The first-order chi connectivity index (χ1) is 9.56. The van der Waals surface area contributed by atoms with Crippen LogP contribution < -0.4 is 15.2 Å². The summed E-state index contributed by atoms with van der Waals surface area (Å²) in [6.07, 6.45) is 1.77. The van der Waals surface area contributed by atoms with Crippen molar-refractivity contribution < 1.29 is 14.2 Å². The lowest BCUT2D eigenvalue weighted by Gasteiger charge is -2.42. The van der Waals surface area contributed by atoms with Gasteiger partial charge in [-0.25, -0.2) is 0 Å². The molecule has 1 saturated carbocycles. The summed E-state index contributed by atoms with van der Waals surface area (Å²) >= 11 is 6.95. The predicted molar refractivity (Wildman–Crippen MR) is 85.4 cm³/mol. The van der Waals surface area contributed by atoms with Crippen molar-refractivity contribution in [1.82, 2.24) is 0 Å². The molecule has 1 aliphatic rings. The fourth-order valence-electron chi connectivity index (χ4n) is 2.14. The van der Waals surface area contributed by atoms with Crippen LogP contribution in [-0.4, -0.2) is 32.0 Å². The Morgan fingerprint density at radius 3 is 2.50 bits per heavy atom. The Kier molecular flexibility index (Phi) is 5.72. The van der Waals surface area contributed by atoms with Crippen LogP contribution >= 0.6 is 31.9 Å². The average molecular weight is 409 g/mol. The van der Waals surface area contributed by atoms with Crippen molar-refractivity contribution in [1.29, 1.82) is 0 Å². The molecule has 1 aromatic rings. The van der Waals surface area contributed by atoms with Gasteiger partial charge in [0, 0.05) is 19.1 Å². The van der Waals surface area contributed by atoms with Crippen molar-refractivity contribution in [3.63, 3.8) is 0 Å². The van der Waals surface area contributed by atoms with E-state index in [2.05, 4.69) is 38.8 Å². The molecule has 0 radical (unpaired) electrons. The molecule has 1 aromatic carbocycles. The largest absolute Gasteiger partial charge is 0.496 e. The van der Waals surface area contributed by atoms with Gasteiger partial charge in [0.15, 0.2) is 0 Å². The van der Waals surface area contributed by atoms with Gasteiger partial charge in [-0.2, -0.15) is 0 Å². The molecule has 20 heavy (non-hydrogen) atoms. The summed E-state index contributed by atoms with van der Waals surface area (Å²) in [5.41, 5.74) is 5.98. The summed E-state index contributed by atoms with van der Waals surface area (Å²) in [5.74, 6) is 1.52. The van der Waals surface area contributed by atoms with Crippen LogP contribution in [-0.2, 0) is 4.74 Å². The molecule has 3 atom stereocenters. The molecule has 112 valence electrons. The zero-order valence-electron chi connectivity index (χ0n) is 11.6. The predicted octanol–water partition coefficient (Wildman–Crippen LogP) is 3.49. The van der Waals surface area contributed by atoms with Crippen molar-refractivity contribution in [2.75, 3.05) is 13.7 Å². The first kappa shape index (κ1) is 16.1. The van der Waals surface area contributed by atoms with Crippen LogP contribution in [0.25, 0.3) is 0 Å². The minimum absolute atomic E-state index is 0.00754. The zero-order valence-corrected chi connectivity index (χ0v) is 14.7. The summed E-state index contributed by atoms with van der Waals surface area (Å²) in [5, 5.41) is 0. The molecule has 2 rings (SSSR count). The Labute approximate surface area is 136 Å². The van der Waals surface area contributed by atoms with Gasteiger partial charge in [-0.05, 0) is 50.4 Å². The third-order valence-corrected chi connectivity index (χ3v) is 4.53. The number of hydrogen-bond acceptors (Lipinski definition) is 4. The zero-order chi connectivity index (χ0) is 14.7. The summed E-state index contributed by atoms with van der Waals surface area (Å²) in [6, 6.07) is 3.83. The lowest BCUT2D eigenvalue weighted by Crippen LogP contribution is -2.59. The maximum Gasteiger partial charge on any atom is 0.135 e. The van der Waals surface area contributed by atoms with Crippen LogP contribution in [0.4, 0.5) is 0 Å². The molecule has 0 bridgehead atoms. The number of ether oxygens (including phenoxy) is 3. The summed E-state index contributed by atoms with van der Waals surface area (Å²) in [7, 11) is 1.63. The SMILES string of the molecule is CCCOC1C(N)CC1Oc1cc(Br)c(OC)cc1Br. The molecule has 0 aliphatic heterocycles. The second kappa shape index (κ2) is 7.11. The molecular formula is C14H19Br2NO3. The van der Waals surface area contributed by atoms with Crippen LogP contribution in [0, 0.1) is 0 Å². The first-order valence-electron chi connectivity index (χ1n) is 6.63. The Morgan fingerprint density at radius 1 is 1.25 bits per heavy atom. The highest BCUT2D eigenvalue weighted by Gasteiger charge is 2.41. The average Bonchev–Trinajstić information content (AvgIpc) is 2.42. The van der Waals surface area contributed by atoms with Gasteiger partial charge in [-0.3, -0.25) is 0 Å². The normalized spacial score (nSPS) is 25.1. The molecule has 0 heterocycles. The van der Waals surface area contributed by atoms with E-state index in [1.54, 1.807) is 7.11 Å². The summed E-state index contributed by atoms with van der Waals surface area (Å²) in [6.45, 7) is 2.79. The standard InChI is InChI=1S/C14H19Br2NO3/c1-3-4-19-14-10(17)7-13(14)20-12-6-8(15)11(18-2)5-9(12)16/h5-6,10,13-14H,3-4,7,17H2,1-2H3. The van der Waals surface area contributed by atoms with E-state index in [0.717, 1.165) is 33.3 Å². The Hall–Kier alpha value is -0.300. The van der Waals surface area contributed by atoms with E-state index in [1.807, 2.05) is 12.1 Å². The van der Waals surface area contributed by atoms with Crippen molar-refractivity contribution in [3.05, 3.63) is 21.1 Å². The van der Waals surface area contributed by atoms with Crippen LogP contribution in [0.2, 0.25) is 0 Å². The molecule has 1 aliphatic carbocycles. The van der Waals surface area contributed by atoms with Crippen LogP contribution in [0.1, 0.15) is 19.8 Å². The van der Waals surface area contributed by atoms with Gasteiger partial charge in [0.2, 0.25) is 0 Å². The maximum atomic E-state index is 6.00. The quantitative estimate of drug-likeness (QED) is 0.782. The van der Waals surface area contributed by atoms with Gasteiger partial charge in [0.05, 0.1) is 16.1 Å². The molecule has 3 unspecified atom stereocenters. The van der Waals surface area contributed by atoms with Gasteiger partial charge >= 0.3 is 0 Å². The van der Waals surface area contributed by atoms with E-state index >= 15 is 0 Å². The van der Waals surface area contributed by atoms with Crippen molar-refractivity contribution >= 4 is 31.9 Å². The van der Waals surface area contributed by atoms with Crippen LogP contribution in [0.15, 0.2) is 21.1 Å². The lowest BCUT2D eigenvalue weighted by molar-refractivity contribution is -0.0982. The highest BCUT2D eigenvalue weighted by Crippen LogP contribution is 2.38. The number of hydrogen-bond donors (Lipinski definition) is 1. The number of rotatable bonds is 6. The van der Waals surface area contributed by atoms with E-state index in [-0.39, 0.29) is 18.2 Å². The fraction of sp³-hybridized carbons (Fsp3) is 0.571. The van der Waals surface area contributed by atoms with Crippen LogP contribution in [0.3, 0.4) is 0 Å². The van der Waals surface area contributed by atoms with Gasteiger partial charge in [0.1, 0.15) is 23.7 Å². The van der Waals surface area contributed by atoms with Crippen LogP contribution in [0.5, 0.6) is 11.5 Å². The van der Waals surface area contributed by atoms with Gasteiger partial charge in [-0.1, -0.05) is 6.92 Å². The molecule has 0 spiro atoms. The Morgan fingerprint density at radius 2 is 1.90 bits per heavy atom. The third kappa shape index (κ3) is 3.47. The van der Waals surface area contributed by atoms with E-state index in [9.17, 15) is 0 Å². The molecule has 6 heteroatoms. The molecule has 2 N–H and O–H groups in total. The molecule has 0 aromatic heterocycles. The Balaban J connectivity index is 2.05. The van der Waals surface area contributed by atoms with Crippen molar-refractivity contribution in [2.24, 2.45) is 5.73 Å². The minimum atomic E-state index is -0.0253. The Bertz CT molecular complexity index is 470.